The van der Waals surface area contributed by atoms with E-state index >= 15 is 0 Å². The third-order valence-corrected chi connectivity index (χ3v) is 5.93. The van der Waals surface area contributed by atoms with Crippen LogP contribution in [-0.4, -0.2) is 0 Å². The summed E-state index contributed by atoms with van der Waals surface area (Å²) in [6.45, 7) is 11.5. The van der Waals surface area contributed by atoms with Crippen molar-refractivity contribution in [3.05, 3.63) is 34.4 Å². The Bertz CT molecular complexity index is 397. The Hall–Kier alpha value is -0.300. The van der Waals surface area contributed by atoms with E-state index < -0.39 is 0 Å². The fourth-order valence-corrected chi connectivity index (χ4v) is 4.48. The van der Waals surface area contributed by atoms with Gasteiger partial charge in [-0.2, -0.15) is 0 Å². The van der Waals surface area contributed by atoms with Crippen molar-refractivity contribution in [2.75, 3.05) is 0 Å². The quantitative estimate of drug-likeness (QED) is 0.418. The van der Waals surface area contributed by atoms with Crippen LogP contribution in [-0.2, 0) is 19.3 Å². The van der Waals surface area contributed by atoms with Crippen LogP contribution in [0.25, 0.3) is 0 Å². The summed E-state index contributed by atoms with van der Waals surface area (Å²) in [5, 5.41) is 0. The zero-order chi connectivity index (χ0) is 15.8. The van der Waals surface area contributed by atoms with Crippen molar-refractivity contribution in [3.8, 4) is 0 Å². The molecule has 2 atom stereocenters. The standard InChI is InChI=1S/C20H33Br/c1-6-11-12-16(8-3)20(21)19-17(9-4)13-15(7-2)14-18(19)10-5/h13-14,16,20H,6-12H2,1-5H3. The molecule has 0 aliphatic carbocycles. The molecule has 21 heavy (non-hydrogen) atoms. The number of alkyl halides is 1. The first-order valence-electron chi connectivity index (χ1n) is 8.91. The lowest BCUT2D eigenvalue weighted by molar-refractivity contribution is 0.443. The van der Waals surface area contributed by atoms with Gasteiger partial charge in [0, 0.05) is 4.83 Å². The summed E-state index contributed by atoms with van der Waals surface area (Å²) >= 11 is 4.07. The molecule has 1 aromatic carbocycles. The molecule has 0 bridgehead atoms. The fourth-order valence-electron chi connectivity index (χ4n) is 3.25. The number of aryl methyl sites for hydroxylation is 3. The lowest BCUT2D eigenvalue weighted by atomic mass is 9.85. The Morgan fingerprint density at radius 2 is 1.48 bits per heavy atom. The van der Waals surface area contributed by atoms with Gasteiger partial charge in [-0.25, -0.2) is 0 Å². The number of rotatable bonds is 9. The second kappa shape index (κ2) is 9.66. The number of unbranched alkanes of at least 4 members (excludes halogenated alkanes) is 1. The van der Waals surface area contributed by atoms with Crippen LogP contribution in [0.1, 0.15) is 87.4 Å². The number of halogens is 1. The largest absolute Gasteiger partial charge is 0.0836 e. The normalized spacial score (nSPS) is 14.2. The van der Waals surface area contributed by atoms with Crippen LogP contribution in [0.4, 0.5) is 0 Å². The molecule has 120 valence electrons. The average Bonchev–Trinajstić information content (AvgIpc) is 2.53. The first-order valence-corrected chi connectivity index (χ1v) is 9.82. The highest BCUT2D eigenvalue weighted by molar-refractivity contribution is 9.09. The summed E-state index contributed by atoms with van der Waals surface area (Å²) in [5.41, 5.74) is 6.21. The van der Waals surface area contributed by atoms with Gasteiger partial charge in [-0.05, 0) is 53.9 Å². The van der Waals surface area contributed by atoms with E-state index in [9.17, 15) is 0 Å². The smallest absolute Gasteiger partial charge is 0.0428 e. The highest BCUT2D eigenvalue weighted by Crippen LogP contribution is 2.40. The molecule has 0 saturated carbocycles. The van der Waals surface area contributed by atoms with Gasteiger partial charge < -0.3 is 0 Å². The lowest BCUT2D eigenvalue weighted by Crippen LogP contribution is -2.12. The summed E-state index contributed by atoms with van der Waals surface area (Å²) < 4.78 is 0. The van der Waals surface area contributed by atoms with Gasteiger partial charge in [0.2, 0.25) is 0 Å². The maximum atomic E-state index is 4.07. The van der Waals surface area contributed by atoms with Crippen molar-refractivity contribution in [1.82, 2.24) is 0 Å². The third-order valence-electron chi connectivity index (χ3n) is 4.72. The monoisotopic (exact) mass is 352 g/mol. The molecular weight excluding hydrogens is 320 g/mol. The Labute approximate surface area is 140 Å². The Morgan fingerprint density at radius 1 is 0.905 bits per heavy atom. The number of hydrogen-bond acceptors (Lipinski definition) is 0. The Balaban J connectivity index is 3.18. The van der Waals surface area contributed by atoms with E-state index in [1.807, 2.05) is 0 Å². The molecule has 0 aliphatic heterocycles. The summed E-state index contributed by atoms with van der Waals surface area (Å²) in [4.78, 5) is 0.518. The molecule has 1 aromatic rings. The molecule has 0 nitrogen and oxygen atoms in total. The molecule has 0 spiro atoms. The van der Waals surface area contributed by atoms with E-state index in [1.54, 1.807) is 16.7 Å². The van der Waals surface area contributed by atoms with Gasteiger partial charge in [0.25, 0.3) is 0 Å². The van der Waals surface area contributed by atoms with Gasteiger partial charge in [-0.3, -0.25) is 0 Å². The predicted octanol–water partition coefficient (Wildman–Crippen LogP) is 7.03. The van der Waals surface area contributed by atoms with Crippen molar-refractivity contribution in [1.29, 1.82) is 0 Å². The van der Waals surface area contributed by atoms with Crippen molar-refractivity contribution in [2.24, 2.45) is 5.92 Å². The first kappa shape index (κ1) is 18.7. The molecule has 2 unspecified atom stereocenters. The minimum Gasteiger partial charge on any atom is -0.0836 e. The molecule has 0 aromatic heterocycles. The zero-order valence-corrected chi connectivity index (χ0v) is 16.2. The molecule has 1 rings (SSSR count). The average molecular weight is 353 g/mol. The Kier molecular flexibility index (Phi) is 8.63. The van der Waals surface area contributed by atoms with E-state index in [0.29, 0.717) is 4.83 Å². The van der Waals surface area contributed by atoms with Crippen LogP contribution in [0.3, 0.4) is 0 Å². The maximum Gasteiger partial charge on any atom is 0.0428 e. The fraction of sp³-hybridized carbons (Fsp3) is 0.700. The molecule has 0 radical (unpaired) electrons. The van der Waals surface area contributed by atoms with Crippen molar-refractivity contribution >= 4 is 15.9 Å². The second-order valence-corrected chi connectivity index (χ2v) is 7.09. The summed E-state index contributed by atoms with van der Waals surface area (Å²) in [6, 6.07) is 4.88. The SMILES string of the molecule is CCCCC(CC)C(Br)c1c(CC)cc(CC)cc1CC. The zero-order valence-electron chi connectivity index (χ0n) is 14.6. The van der Waals surface area contributed by atoms with Crippen LogP contribution in [0, 0.1) is 5.92 Å². The van der Waals surface area contributed by atoms with Crippen molar-refractivity contribution < 1.29 is 0 Å². The minimum absolute atomic E-state index is 0.518. The molecular formula is C20H33Br. The topological polar surface area (TPSA) is 0 Å². The molecule has 0 amide bonds. The number of benzene rings is 1. The maximum absolute atomic E-state index is 4.07. The number of hydrogen-bond donors (Lipinski definition) is 0. The molecule has 0 fully saturated rings. The minimum atomic E-state index is 0.518. The van der Waals surface area contributed by atoms with E-state index in [4.69, 9.17) is 0 Å². The second-order valence-electron chi connectivity index (χ2n) is 6.10. The lowest BCUT2D eigenvalue weighted by Gasteiger charge is -2.26. The van der Waals surface area contributed by atoms with Crippen molar-refractivity contribution in [2.45, 2.75) is 84.4 Å². The molecule has 0 heterocycles. The van der Waals surface area contributed by atoms with E-state index in [1.165, 1.54) is 31.2 Å². The first-order chi connectivity index (χ1) is 10.1. The van der Waals surface area contributed by atoms with Crippen LogP contribution < -0.4 is 0 Å². The van der Waals surface area contributed by atoms with E-state index in [-0.39, 0.29) is 0 Å². The summed E-state index contributed by atoms with van der Waals surface area (Å²) in [7, 11) is 0. The highest BCUT2D eigenvalue weighted by atomic mass is 79.9. The van der Waals surface area contributed by atoms with Crippen LogP contribution in [0.15, 0.2) is 12.1 Å². The van der Waals surface area contributed by atoms with E-state index in [2.05, 4.69) is 62.7 Å². The van der Waals surface area contributed by atoms with Gasteiger partial charge in [-0.1, -0.05) is 81.9 Å². The van der Waals surface area contributed by atoms with Gasteiger partial charge in [0.05, 0.1) is 0 Å². The van der Waals surface area contributed by atoms with Crippen molar-refractivity contribution in [3.63, 3.8) is 0 Å². The van der Waals surface area contributed by atoms with Crippen LogP contribution in [0.2, 0.25) is 0 Å². The summed E-state index contributed by atoms with van der Waals surface area (Å²) in [6.07, 6.45) is 8.66. The highest BCUT2D eigenvalue weighted by Gasteiger charge is 2.23. The van der Waals surface area contributed by atoms with Gasteiger partial charge in [0.1, 0.15) is 0 Å². The van der Waals surface area contributed by atoms with Gasteiger partial charge in [0.15, 0.2) is 0 Å². The van der Waals surface area contributed by atoms with Crippen LogP contribution >= 0.6 is 15.9 Å². The molecule has 0 aliphatic rings. The van der Waals surface area contributed by atoms with Gasteiger partial charge >= 0.3 is 0 Å². The molecule has 0 N–H and O–H groups in total. The summed E-state index contributed by atoms with van der Waals surface area (Å²) in [5.74, 6) is 0.757. The molecule has 0 saturated heterocycles. The van der Waals surface area contributed by atoms with E-state index in [0.717, 1.165) is 25.2 Å². The predicted molar refractivity (Wildman–Crippen MR) is 99.6 cm³/mol. The van der Waals surface area contributed by atoms with Crippen LogP contribution in [0.5, 0.6) is 0 Å². The Morgan fingerprint density at radius 3 is 1.86 bits per heavy atom. The third kappa shape index (κ3) is 4.84. The van der Waals surface area contributed by atoms with Gasteiger partial charge in [-0.15, -0.1) is 0 Å². The molecule has 1 heteroatoms.